The summed E-state index contributed by atoms with van der Waals surface area (Å²) in [6.07, 6.45) is 1.84. The molecular weight excluding hydrogens is 414 g/mol. The highest BCUT2D eigenvalue weighted by molar-refractivity contribution is 5.97. The van der Waals surface area contributed by atoms with Crippen LogP contribution >= 0.6 is 0 Å². The van der Waals surface area contributed by atoms with E-state index in [1.807, 2.05) is 35.2 Å². The van der Waals surface area contributed by atoms with Gasteiger partial charge in [-0.2, -0.15) is 5.10 Å². The average Bonchev–Trinajstić information content (AvgIpc) is 3.62. The Labute approximate surface area is 194 Å². The molecule has 2 fully saturated rings. The SMILES string of the molecule is Cc1ccc(CN2CCN(C(=O)c3cc(NC(=O)C4CC4)n(-c4ccccc4)n3)CC2)cc1. The summed E-state index contributed by atoms with van der Waals surface area (Å²) in [4.78, 5) is 29.9. The van der Waals surface area contributed by atoms with Crippen LogP contribution in [0.3, 0.4) is 0 Å². The van der Waals surface area contributed by atoms with Crippen molar-refractivity contribution in [2.45, 2.75) is 26.3 Å². The molecule has 1 aromatic heterocycles. The summed E-state index contributed by atoms with van der Waals surface area (Å²) in [6, 6.07) is 19.9. The molecule has 2 aliphatic rings. The van der Waals surface area contributed by atoms with Gasteiger partial charge in [0, 0.05) is 44.7 Å². The van der Waals surface area contributed by atoms with Gasteiger partial charge >= 0.3 is 0 Å². The van der Waals surface area contributed by atoms with Gasteiger partial charge in [0.2, 0.25) is 5.91 Å². The summed E-state index contributed by atoms with van der Waals surface area (Å²) in [5, 5.41) is 7.55. The van der Waals surface area contributed by atoms with Crippen molar-refractivity contribution in [2.75, 3.05) is 31.5 Å². The largest absolute Gasteiger partial charge is 0.335 e. The maximum atomic E-state index is 13.2. The minimum absolute atomic E-state index is 0.00389. The Balaban J connectivity index is 1.27. The van der Waals surface area contributed by atoms with Crippen LogP contribution in [0.5, 0.6) is 0 Å². The van der Waals surface area contributed by atoms with Crippen molar-refractivity contribution in [1.29, 1.82) is 0 Å². The van der Waals surface area contributed by atoms with Gasteiger partial charge in [0.25, 0.3) is 5.91 Å². The lowest BCUT2D eigenvalue weighted by atomic mass is 10.1. The molecule has 2 amide bonds. The van der Waals surface area contributed by atoms with Crippen molar-refractivity contribution in [3.8, 4) is 5.69 Å². The number of carbonyl (C=O) groups is 2. The van der Waals surface area contributed by atoms with Crippen LogP contribution in [0, 0.1) is 12.8 Å². The van der Waals surface area contributed by atoms with Gasteiger partial charge in [-0.25, -0.2) is 4.68 Å². The number of rotatable bonds is 6. The lowest BCUT2D eigenvalue weighted by molar-refractivity contribution is -0.117. The Morgan fingerprint density at radius 1 is 0.970 bits per heavy atom. The van der Waals surface area contributed by atoms with Crippen LogP contribution in [-0.2, 0) is 11.3 Å². The van der Waals surface area contributed by atoms with Crippen molar-refractivity contribution in [3.63, 3.8) is 0 Å². The Bertz CT molecular complexity index is 1130. The number of aromatic nitrogens is 2. The van der Waals surface area contributed by atoms with Crippen LogP contribution in [0.2, 0.25) is 0 Å². The zero-order valence-electron chi connectivity index (χ0n) is 18.9. The number of hydrogen-bond acceptors (Lipinski definition) is 4. The molecule has 5 rings (SSSR count). The molecule has 2 aromatic carbocycles. The number of benzene rings is 2. The van der Waals surface area contributed by atoms with E-state index >= 15 is 0 Å². The van der Waals surface area contributed by atoms with Gasteiger partial charge in [-0.05, 0) is 37.5 Å². The van der Waals surface area contributed by atoms with Crippen LogP contribution in [-0.4, -0.2) is 57.6 Å². The lowest BCUT2D eigenvalue weighted by Crippen LogP contribution is -2.48. The Kier molecular flexibility index (Phi) is 5.96. The van der Waals surface area contributed by atoms with Crippen molar-refractivity contribution in [2.24, 2.45) is 5.92 Å². The Hall–Kier alpha value is -3.45. The van der Waals surface area contributed by atoms with E-state index < -0.39 is 0 Å². The molecule has 0 atom stereocenters. The molecule has 0 radical (unpaired) electrons. The summed E-state index contributed by atoms with van der Waals surface area (Å²) in [5.41, 5.74) is 3.72. The fraction of sp³-hybridized carbons (Fsp3) is 0.346. The van der Waals surface area contributed by atoms with Gasteiger partial charge in [0.05, 0.1) is 5.69 Å². The zero-order valence-corrected chi connectivity index (χ0v) is 18.9. The molecule has 7 nitrogen and oxygen atoms in total. The first-order valence-corrected chi connectivity index (χ1v) is 11.6. The van der Waals surface area contributed by atoms with E-state index in [2.05, 4.69) is 46.5 Å². The Morgan fingerprint density at radius 3 is 2.33 bits per heavy atom. The third kappa shape index (κ3) is 4.98. The lowest BCUT2D eigenvalue weighted by Gasteiger charge is -2.34. The normalized spacial score (nSPS) is 16.6. The number of amides is 2. The summed E-state index contributed by atoms with van der Waals surface area (Å²) in [6.45, 7) is 5.95. The monoisotopic (exact) mass is 443 g/mol. The topological polar surface area (TPSA) is 70.5 Å². The highest BCUT2D eigenvalue weighted by atomic mass is 16.2. The second kappa shape index (κ2) is 9.19. The molecule has 33 heavy (non-hydrogen) atoms. The van der Waals surface area contributed by atoms with E-state index in [-0.39, 0.29) is 17.7 Å². The molecule has 1 aliphatic heterocycles. The molecule has 1 aliphatic carbocycles. The van der Waals surface area contributed by atoms with E-state index in [1.54, 1.807) is 10.7 Å². The molecule has 7 heteroatoms. The molecule has 1 saturated carbocycles. The average molecular weight is 444 g/mol. The van der Waals surface area contributed by atoms with E-state index in [1.165, 1.54) is 11.1 Å². The predicted octanol–water partition coefficient (Wildman–Crippen LogP) is 3.49. The molecular formula is C26H29N5O2. The first-order valence-electron chi connectivity index (χ1n) is 11.6. The van der Waals surface area contributed by atoms with Crippen molar-refractivity contribution >= 4 is 17.6 Å². The molecule has 0 spiro atoms. The third-order valence-corrected chi connectivity index (χ3v) is 6.31. The molecule has 0 unspecified atom stereocenters. The van der Waals surface area contributed by atoms with Crippen LogP contribution in [0.15, 0.2) is 60.7 Å². The number of nitrogens with one attached hydrogen (secondary N) is 1. The number of para-hydroxylation sites is 1. The number of nitrogens with zero attached hydrogens (tertiary/aromatic N) is 4. The molecule has 0 bridgehead atoms. The predicted molar refractivity (Wildman–Crippen MR) is 127 cm³/mol. The quantitative estimate of drug-likeness (QED) is 0.633. The number of piperazine rings is 1. The van der Waals surface area contributed by atoms with Gasteiger partial charge in [0.1, 0.15) is 5.82 Å². The minimum atomic E-state index is -0.0958. The van der Waals surface area contributed by atoms with Crippen LogP contribution in [0.25, 0.3) is 5.69 Å². The van der Waals surface area contributed by atoms with Crippen LogP contribution in [0.1, 0.15) is 34.5 Å². The molecule has 3 aromatic rings. The standard InChI is InChI=1S/C26H29N5O2/c1-19-7-9-20(10-8-19)18-29-13-15-30(16-14-29)26(33)23-17-24(27-25(32)21-11-12-21)31(28-23)22-5-3-2-4-6-22/h2-10,17,21H,11-16,18H2,1H3,(H,27,32). The maximum absolute atomic E-state index is 13.2. The summed E-state index contributed by atoms with van der Waals surface area (Å²) < 4.78 is 1.65. The van der Waals surface area contributed by atoms with Gasteiger partial charge < -0.3 is 10.2 Å². The molecule has 2 heterocycles. The molecule has 1 N–H and O–H groups in total. The molecule has 1 saturated heterocycles. The minimum Gasteiger partial charge on any atom is -0.335 e. The van der Waals surface area contributed by atoms with E-state index in [9.17, 15) is 9.59 Å². The van der Waals surface area contributed by atoms with Gasteiger partial charge in [0.15, 0.2) is 5.69 Å². The number of aryl methyl sites for hydroxylation is 1. The fourth-order valence-corrected chi connectivity index (χ4v) is 4.14. The maximum Gasteiger partial charge on any atom is 0.274 e. The van der Waals surface area contributed by atoms with E-state index in [4.69, 9.17) is 0 Å². The van der Waals surface area contributed by atoms with Gasteiger partial charge in [-0.15, -0.1) is 0 Å². The van der Waals surface area contributed by atoms with Gasteiger partial charge in [-0.1, -0.05) is 48.0 Å². The van der Waals surface area contributed by atoms with E-state index in [0.29, 0.717) is 24.6 Å². The van der Waals surface area contributed by atoms with Crippen LogP contribution < -0.4 is 5.32 Å². The fourth-order valence-electron chi connectivity index (χ4n) is 4.14. The second-order valence-corrected chi connectivity index (χ2v) is 8.98. The third-order valence-electron chi connectivity index (χ3n) is 6.31. The van der Waals surface area contributed by atoms with Crippen molar-refractivity contribution < 1.29 is 9.59 Å². The van der Waals surface area contributed by atoms with Crippen molar-refractivity contribution in [3.05, 3.63) is 77.5 Å². The smallest absolute Gasteiger partial charge is 0.274 e. The second-order valence-electron chi connectivity index (χ2n) is 8.98. The summed E-state index contributed by atoms with van der Waals surface area (Å²) >= 11 is 0. The van der Waals surface area contributed by atoms with Crippen molar-refractivity contribution in [1.82, 2.24) is 19.6 Å². The Morgan fingerprint density at radius 2 is 1.67 bits per heavy atom. The van der Waals surface area contributed by atoms with Gasteiger partial charge in [-0.3, -0.25) is 14.5 Å². The number of carbonyl (C=O) groups excluding carboxylic acids is 2. The first-order chi connectivity index (χ1) is 16.1. The molecule has 170 valence electrons. The number of anilines is 1. The number of hydrogen-bond donors (Lipinski definition) is 1. The zero-order chi connectivity index (χ0) is 22.8. The summed E-state index contributed by atoms with van der Waals surface area (Å²) in [5.74, 6) is 0.515. The van der Waals surface area contributed by atoms with E-state index in [0.717, 1.165) is 38.2 Å². The highest BCUT2D eigenvalue weighted by Crippen LogP contribution is 2.30. The first kappa shape index (κ1) is 21.4. The summed E-state index contributed by atoms with van der Waals surface area (Å²) in [7, 11) is 0. The highest BCUT2D eigenvalue weighted by Gasteiger charge is 2.31. The van der Waals surface area contributed by atoms with Crippen LogP contribution in [0.4, 0.5) is 5.82 Å².